The molecule has 2 nitrogen and oxygen atoms in total. The number of alkyl halides is 4. The molecular weight excluding hydrogens is 308 g/mol. The van der Waals surface area contributed by atoms with Gasteiger partial charge in [-0.1, -0.05) is 15.9 Å². The highest BCUT2D eigenvalue weighted by atomic mass is 79.9. The van der Waals surface area contributed by atoms with E-state index in [0.717, 1.165) is 0 Å². The second-order valence-electron chi connectivity index (χ2n) is 3.64. The van der Waals surface area contributed by atoms with E-state index >= 15 is 0 Å². The van der Waals surface area contributed by atoms with Gasteiger partial charge in [-0.3, -0.25) is 0 Å². The minimum Gasteiger partial charge on any atom is -0.492 e. The molecular formula is C10H7BrF4O2. The standard InChI is InChI=1S/C10H7BrF4O2/c11-6-3-17-8-2-7(12)5(10(13,14)15)1-4(8)9(6)16/h1-2,6,9,16H,3H2. The Bertz CT molecular complexity index is 447. The van der Waals surface area contributed by atoms with Crippen LogP contribution in [0.25, 0.3) is 0 Å². The predicted octanol–water partition coefficient (Wildman–Crippen LogP) is 3.03. The molecule has 2 unspecified atom stereocenters. The number of hydrogen-bond donors (Lipinski definition) is 1. The summed E-state index contributed by atoms with van der Waals surface area (Å²) in [6, 6.07) is 1.24. The molecule has 0 saturated heterocycles. The van der Waals surface area contributed by atoms with Crippen molar-refractivity contribution >= 4 is 15.9 Å². The molecule has 2 rings (SSSR count). The summed E-state index contributed by atoms with van der Waals surface area (Å²) in [6.45, 7) is 0.0684. The number of benzene rings is 1. The monoisotopic (exact) mass is 314 g/mol. The first-order valence-electron chi connectivity index (χ1n) is 4.66. The molecule has 17 heavy (non-hydrogen) atoms. The van der Waals surface area contributed by atoms with E-state index < -0.39 is 28.5 Å². The second kappa shape index (κ2) is 4.13. The van der Waals surface area contributed by atoms with Crippen molar-refractivity contribution in [1.82, 2.24) is 0 Å². The maximum absolute atomic E-state index is 13.2. The molecule has 1 heterocycles. The topological polar surface area (TPSA) is 29.5 Å². The Balaban J connectivity index is 2.54. The van der Waals surface area contributed by atoms with Gasteiger partial charge < -0.3 is 9.84 Å². The van der Waals surface area contributed by atoms with Crippen molar-refractivity contribution in [3.8, 4) is 5.75 Å². The molecule has 2 atom stereocenters. The molecule has 94 valence electrons. The van der Waals surface area contributed by atoms with Crippen LogP contribution in [0.4, 0.5) is 17.6 Å². The van der Waals surface area contributed by atoms with E-state index in [9.17, 15) is 22.7 Å². The van der Waals surface area contributed by atoms with Gasteiger partial charge in [0.15, 0.2) is 0 Å². The molecule has 0 saturated carbocycles. The summed E-state index contributed by atoms with van der Waals surface area (Å²) in [7, 11) is 0. The highest BCUT2D eigenvalue weighted by molar-refractivity contribution is 9.09. The quantitative estimate of drug-likeness (QED) is 0.589. The first kappa shape index (κ1) is 12.6. The molecule has 0 amide bonds. The zero-order valence-corrected chi connectivity index (χ0v) is 9.85. The second-order valence-corrected chi connectivity index (χ2v) is 4.82. The summed E-state index contributed by atoms with van der Waals surface area (Å²) in [6.07, 6.45) is -5.95. The zero-order valence-electron chi connectivity index (χ0n) is 8.26. The lowest BCUT2D eigenvalue weighted by Gasteiger charge is -2.27. The maximum atomic E-state index is 13.2. The van der Waals surface area contributed by atoms with Crippen molar-refractivity contribution in [2.24, 2.45) is 0 Å². The first-order chi connectivity index (χ1) is 7.80. The first-order valence-corrected chi connectivity index (χ1v) is 5.58. The fourth-order valence-corrected chi connectivity index (χ4v) is 2.02. The van der Waals surface area contributed by atoms with Crippen molar-refractivity contribution in [3.63, 3.8) is 0 Å². The van der Waals surface area contributed by atoms with Crippen molar-refractivity contribution in [3.05, 3.63) is 29.1 Å². The number of rotatable bonds is 0. The highest BCUT2D eigenvalue weighted by Crippen LogP contribution is 2.40. The van der Waals surface area contributed by atoms with Crippen LogP contribution in [-0.2, 0) is 6.18 Å². The number of ether oxygens (including phenoxy) is 1. The Hall–Kier alpha value is -0.820. The van der Waals surface area contributed by atoms with E-state index in [2.05, 4.69) is 15.9 Å². The van der Waals surface area contributed by atoms with Gasteiger partial charge in [0.2, 0.25) is 0 Å². The summed E-state index contributed by atoms with van der Waals surface area (Å²) >= 11 is 3.07. The predicted molar refractivity (Wildman–Crippen MR) is 54.6 cm³/mol. The van der Waals surface area contributed by atoms with Crippen LogP contribution in [0.3, 0.4) is 0 Å². The molecule has 0 bridgehead atoms. The maximum Gasteiger partial charge on any atom is 0.419 e. The Morgan fingerprint density at radius 2 is 2.00 bits per heavy atom. The highest BCUT2D eigenvalue weighted by Gasteiger charge is 2.37. The van der Waals surface area contributed by atoms with Gasteiger partial charge in [-0.05, 0) is 6.07 Å². The molecule has 0 aliphatic carbocycles. The lowest BCUT2D eigenvalue weighted by Crippen LogP contribution is -2.26. The van der Waals surface area contributed by atoms with Gasteiger partial charge in [0.05, 0.1) is 16.5 Å². The van der Waals surface area contributed by atoms with E-state index in [-0.39, 0.29) is 17.9 Å². The molecule has 1 aliphatic heterocycles. The van der Waals surface area contributed by atoms with Crippen LogP contribution in [0, 0.1) is 5.82 Å². The van der Waals surface area contributed by atoms with Crippen LogP contribution < -0.4 is 4.74 Å². The zero-order chi connectivity index (χ0) is 12.8. The van der Waals surface area contributed by atoms with Crippen LogP contribution >= 0.6 is 15.9 Å². The Morgan fingerprint density at radius 3 is 2.59 bits per heavy atom. The van der Waals surface area contributed by atoms with E-state index in [0.29, 0.717) is 12.1 Å². The van der Waals surface area contributed by atoms with Crippen molar-refractivity contribution in [2.75, 3.05) is 6.61 Å². The van der Waals surface area contributed by atoms with Crippen molar-refractivity contribution in [1.29, 1.82) is 0 Å². The summed E-state index contributed by atoms with van der Waals surface area (Å²) < 4.78 is 55.7. The number of aliphatic hydroxyl groups is 1. The summed E-state index contributed by atoms with van der Waals surface area (Å²) in [5, 5.41) is 9.69. The smallest absolute Gasteiger partial charge is 0.419 e. The Morgan fingerprint density at radius 1 is 1.35 bits per heavy atom. The average molecular weight is 315 g/mol. The van der Waals surface area contributed by atoms with Crippen LogP contribution in [0.15, 0.2) is 12.1 Å². The molecule has 1 aromatic carbocycles. The number of aliphatic hydroxyl groups excluding tert-OH is 1. The molecule has 7 heteroatoms. The fraction of sp³-hybridized carbons (Fsp3) is 0.400. The summed E-state index contributed by atoms with van der Waals surface area (Å²) in [4.78, 5) is -0.512. The van der Waals surface area contributed by atoms with Crippen molar-refractivity contribution in [2.45, 2.75) is 17.1 Å². The number of halogens is 5. The molecule has 0 spiro atoms. The molecule has 1 aromatic rings. The van der Waals surface area contributed by atoms with Gasteiger partial charge in [0, 0.05) is 11.6 Å². The van der Waals surface area contributed by atoms with Crippen LogP contribution in [-0.4, -0.2) is 16.5 Å². The van der Waals surface area contributed by atoms with Crippen molar-refractivity contribution < 1.29 is 27.4 Å². The third-order valence-electron chi connectivity index (χ3n) is 2.46. The van der Waals surface area contributed by atoms with Gasteiger partial charge in [0.1, 0.15) is 18.2 Å². The lowest BCUT2D eigenvalue weighted by atomic mass is 10.00. The Kier molecular flexibility index (Phi) is 3.07. The summed E-state index contributed by atoms with van der Waals surface area (Å²) in [5.74, 6) is -1.46. The van der Waals surface area contributed by atoms with Gasteiger partial charge in [0.25, 0.3) is 0 Å². The molecule has 0 aromatic heterocycles. The van der Waals surface area contributed by atoms with E-state index in [4.69, 9.17) is 4.74 Å². The average Bonchev–Trinajstić information content (AvgIpc) is 2.21. The molecule has 1 N–H and O–H groups in total. The van der Waals surface area contributed by atoms with Gasteiger partial charge in [-0.25, -0.2) is 4.39 Å². The van der Waals surface area contributed by atoms with Gasteiger partial charge >= 0.3 is 6.18 Å². The van der Waals surface area contributed by atoms with Crippen LogP contribution in [0.2, 0.25) is 0 Å². The molecule has 0 fully saturated rings. The van der Waals surface area contributed by atoms with E-state index in [1.54, 1.807) is 0 Å². The largest absolute Gasteiger partial charge is 0.492 e. The van der Waals surface area contributed by atoms with Crippen LogP contribution in [0.1, 0.15) is 17.2 Å². The fourth-order valence-electron chi connectivity index (χ4n) is 1.60. The minimum absolute atomic E-state index is 0.0568. The minimum atomic E-state index is -4.79. The SMILES string of the molecule is OC1c2cc(C(F)(F)F)c(F)cc2OCC1Br. The van der Waals surface area contributed by atoms with E-state index in [1.165, 1.54) is 0 Å². The van der Waals surface area contributed by atoms with E-state index in [1.807, 2.05) is 0 Å². The third kappa shape index (κ3) is 2.26. The van der Waals surface area contributed by atoms with Crippen LogP contribution in [0.5, 0.6) is 5.75 Å². The normalized spacial score (nSPS) is 24.1. The van der Waals surface area contributed by atoms with Gasteiger partial charge in [-0.2, -0.15) is 13.2 Å². The molecule has 0 radical (unpaired) electrons. The number of hydrogen-bond acceptors (Lipinski definition) is 2. The summed E-state index contributed by atoms with van der Waals surface area (Å²) in [5.41, 5.74) is -1.47. The lowest BCUT2D eigenvalue weighted by molar-refractivity contribution is -0.140. The van der Waals surface area contributed by atoms with Gasteiger partial charge in [-0.15, -0.1) is 0 Å². The molecule has 1 aliphatic rings. The number of fused-ring (bicyclic) bond motifs is 1. The third-order valence-corrected chi connectivity index (χ3v) is 3.23. The Labute approximate surface area is 102 Å².